The lowest BCUT2D eigenvalue weighted by Crippen LogP contribution is -2.03. The number of nitrogens with zero attached hydrogens (tertiary/aromatic N) is 2. The van der Waals surface area contributed by atoms with Crippen LogP contribution in [-0.2, 0) is 0 Å². The minimum absolute atomic E-state index is 0.0926. The highest BCUT2D eigenvalue weighted by molar-refractivity contribution is 5.85. The number of aromatic nitrogens is 2. The largest absolute Gasteiger partial charge is 0.326 e. The lowest BCUT2D eigenvalue weighted by molar-refractivity contribution is 0.600. The monoisotopic (exact) mass is 292 g/mol. The Morgan fingerprint density at radius 1 is 1.24 bits per heavy atom. The molecule has 4 heteroatoms. The smallest absolute Gasteiger partial charge is 0.151 e. The van der Waals surface area contributed by atoms with E-state index in [1.165, 1.54) is 6.07 Å². The molecule has 0 aliphatic carbocycles. The summed E-state index contributed by atoms with van der Waals surface area (Å²) in [5, 5.41) is 0. The predicted octanol–water partition coefficient (Wildman–Crippen LogP) is 5.59. The number of aryl methyl sites for hydroxylation is 1. The Kier molecular flexibility index (Phi) is 5.41. The second kappa shape index (κ2) is 6.66. The Labute approximate surface area is 124 Å². The maximum absolute atomic E-state index is 14.1. The van der Waals surface area contributed by atoms with Crippen molar-refractivity contribution in [3.05, 3.63) is 48.3 Å². The predicted molar refractivity (Wildman–Crippen MR) is 85.4 cm³/mol. The Morgan fingerprint density at radius 2 is 1.81 bits per heavy atom. The van der Waals surface area contributed by atoms with Crippen molar-refractivity contribution in [2.45, 2.75) is 40.7 Å². The maximum Gasteiger partial charge on any atom is 0.151 e. The number of allylic oxidation sites excluding steroid dienone is 2. The van der Waals surface area contributed by atoms with Crippen molar-refractivity contribution < 1.29 is 8.78 Å². The fourth-order valence-corrected chi connectivity index (χ4v) is 2.25. The van der Waals surface area contributed by atoms with E-state index < -0.39 is 11.6 Å². The minimum atomic E-state index is -0.661. The molecule has 0 saturated carbocycles. The molecule has 2 rings (SSSR count). The zero-order valence-corrected chi connectivity index (χ0v) is 13.3. The highest BCUT2D eigenvalue weighted by atomic mass is 19.1. The third kappa shape index (κ3) is 3.20. The van der Waals surface area contributed by atoms with Crippen LogP contribution in [-0.4, -0.2) is 9.55 Å². The normalized spacial score (nSPS) is 10.5. The fourth-order valence-electron chi connectivity index (χ4n) is 2.25. The van der Waals surface area contributed by atoms with Crippen LogP contribution in [0.2, 0.25) is 0 Å². The molecule has 0 bridgehead atoms. The van der Waals surface area contributed by atoms with Crippen LogP contribution in [0, 0.1) is 12.7 Å². The Morgan fingerprint density at radius 3 is 2.29 bits per heavy atom. The number of hydrogen-bond donors (Lipinski definition) is 0. The van der Waals surface area contributed by atoms with Gasteiger partial charge in [0, 0.05) is 11.6 Å². The zero-order valence-electron chi connectivity index (χ0n) is 13.3. The second-order valence-corrected chi connectivity index (χ2v) is 4.83. The van der Waals surface area contributed by atoms with Gasteiger partial charge in [-0.25, -0.2) is 13.8 Å². The average molecular weight is 292 g/mol. The average Bonchev–Trinajstić information content (AvgIpc) is 2.76. The van der Waals surface area contributed by atoms with Gasteiger partial charge in [0.15, 0.2) is 5.82 Å². The van der Waals surface area contributed by atoms with Crippen molar-refractivity contribution in [2.24, 2.45) is 0 Å². The van der Waals surface area contributed by atoms with Gasteiger partial charge in [-0.2, -0.15) is 0 Å². The first-order valence-corrected chi connectivity index (χ1v) is 7.05. The first-order valence-electron chi connectivity index (χ1n) is 7.05. The summed E-state index contributed by atoms with van der Waals surface area (Å²) >= 11 is 0. The van der Waals surface area contributed by atoms with Crippen molar-refractivity contribution in [1.29, 1.82) is 0 Å². The topological polar surface area (TPSA) is 17.8 Å². The molecule has 0 saturated heterocycles. The van der Waals surface area contributed by atoms with Gasteiger partial charge in [0.25, 0.3) is 0 Å². The lowest BCUT2D eigenvalue weighted by Gasteiger charge is -2.12. The highest BCUT2D eigenvalue weighted by Crippen LogP contribution is 2.29. The van der Waals surface area contributed by atoms with E-state index in [1.54, 1.807) is 6.07 Å². The van der Waals surface area contributed by atoms with Gasteiger partial charge in [0.1, 0.15) is 17.2 Å². The van der Waals surface area contributed by atoms with Crippen LogP contribution in [0.1, 0.15) is 45.1 Å². The van der Waals surface area contributed by atoms with Gasteiger partial charge in [0.05, 0.1) is 5.52 Å². The number of fused-ring (bicyclic) bond motifs is 1. The molecule has 2 aromatic rings. The second-order valence-electron chi connectivity index (χ2n) is 4.83. The molecule has 2 nitrogen and oxygen atoms in total. The van der Waals surface area contributed by atoms with Crippen LogP contribution < -0.4 is 0 Å². The molecule has 0 spiro atoms. The SMILES string of the molecule is C=C(F)C(=C)c1cc(F)c2nc(C)n(C(C)C)c2c1.CC. The first-order chi connectivity index (χ1) is 9.82. The summed E-state index contributed by atoms with van der Waals surface area (Å²) in [7, 11) is 0. The molecule has 1 aromatic heterocycles. The fraction of sp³-hybridized carbons (Fsp3) is 0.353. The number of hydrogen-bond acceptors (Lipinski definition) is 1. The van der Waals surface area contributed by atoms with Crippen LogP contribution in [0.15, 0.2) is 31.1 Å². The van der Waals surface area contributed by atoms with E-state index in [2.05, 4.69) is 18.1 Å². The van der Waals surface area contributed by atoms with E-state index in [0.717, 1.165) is 5.82 Å². The third-order valence-corrected chi connectivity index (χ3v) is 3.12. The summed E-state index contributed by atoms with van der Waals surface area (Å²) in [6.07, 6.45) is 0. The van der Waals surface area contributed by atoms with Gasteiger partial charge < -0.3 is 4.57 Å². The summed E-state index contributed by atoms with van der Waals surface area (Å²) in [5.41, 5.74) is 1.42. The number of imidazole rings is 1. The maximum atomic E-state index is 14.1. The Hall–Kier alpha value is -1.97. The minimum Gasteiger partial charge on any atom is -0.326 e. The van der Waals surface area contributed by atoms with Gasteiger partial charge in [0.2, 0.25) is 0 Å². The van der Waals surface area contributed by atoms with Gasteiger partial charge >= 0.3 is 0 Å². The molecule has 0 amide bonds. The quantitative estimate of drug-likeness (QED) is 0.674. The lowest BCUT2D eigenvalue weighted by atomic mass is 10.1. The molecule has 1 heterocycles. The van der Waals surface area contributed by atoms with Crippen molar-refractivity contribution >= 4 is 16.6 Å². The molecule has 0 fully saturated rings. The summed E-state index contributed by atoms with van der Waals surface area (Å²) < 4.78 is 29.1. The molecular formula is C17H22F2N2. The number of benzene rings is 1. The van der Waals surface area contributed by atoms with Crippen LogP contribution in [0.4, 0.5) is 8.78 Å². The van der Waals surface area contributed by atoms with Crippen molar-refractivity contribution in [3.63, 3.8) is 0 Å². The van der Waals surface area contributed by atoms with Gasteiger partial charge in [-0.1, -0.05) is 27.0 Å². The van der Waals surface area contributed by atoms with Crippen LogP contribution in [0.3, 0.4) is 0 Å². The Balaban J connectivity index is 0.00000106. The van der Waals surface area contributed by atoms with Gasteiger partial charge in [-0.15, -0.1) is 0 Å². The highest BCUT2D eigenvalue weighted by Gasteiger charge is 2.16. The van der Waals surface area contributed by atoms with E-state index in [0.29, 0.717) is 16.6 Å². The van der Waals surface area contributed by atoms with E-state index in [9.17, 15) is 8.78 Å². The van der Waals surface area contributed by atoms with Gasteiger partial charge in [-0.05, 0) is 38.5 Å². The molecule has 0 atom stereocenters. The molecule has 0 aliphatic rings. The number of halogens is 2. The van der Waals surface area contributed by atoms with Crippen LogP contribution >= 0.6 is 0 Å². The molecule has 0 radical (unpaired) electrons. The Bertz CT molecular complexity index is 682. The molecule has 114 valence electrons. The molecule has 0 N–H and O–H groups in total. The number of rotatable bonds is 3. The van der Waals surface area contributed by atoms with Gasteiger partial charge in [-0.3, -0.25) is 0 Å². The molecule has 0 aliphatic heterocycles. The van der Waals surface area contributed by atoms with Crippen LogP contribution in [0.25, 0.3) is 16.6 Å². The summed E-state index contributed by atoms with van der Waals surface area (Å²) in [6, 6.07) is 3.08. The van der Waals surface area contributed by atoms with E-state index in [1.807, 2.05) is 39.2 Å². The molecule has 0 unspecified atom stereocenters. The van der Waals surface area contributed by atoms with Crippen LogP contribution in [0.5, 0.6) is 0 Å². The first kappa shape index (κ1) is 17.1. The van der Waals surface area contributed by atoms with E-state index in [4.69, 9.17) is 0 Å². The summed E-state index contributed by atoms with van der Waals surface area (Å²) in [4.78, 5) is 4.22. The summed E-state index contributed by atoms with van der Waals surface area (Å²) in [6.45, 7) is 16.6. The van der Waals surface area contributed by atoms with E-state index >= 15 is 0 Å². The van der Waals surface area contributed by atoms with Crippen molar-refractivity contribution in [3.8, 4) is 0 Å². The standard InChI is InChI=1S/C15H16F2N2.C2H6/c1-8(2)19-11(5)18-15-13(17)6-12(7-14(15)19)9(3)10(4)16;1-2/h6-8H,3-4H2,1-2,5H3;1-2H3. The van der Waals surface area contributed by atoms with Crippen molar-refractivity contribution in [1.82, 2.24) is 9.55 Å². The molecule has 1 aromatic carbocycles. The molecular weight excluding hydrogens is 270 g/mol. The summed E-state index contributed by atoms with van der Waals surface area (Å²) in [5.74, 6) is -0.408. The zero-order chi connectivity index (χ0) is 16.3. The third-order valence-electron chi connectivity index (χ3n) is 3.12. The van der Waals surface area contributed by atoms with Crippen molar-refractivity contribution in [2.75, 3.05) is 0 Å². The van der Waals surface area contributed by atoms with E-state index in [-0.39, 0.29) is 11.6 Å². The molecule has 21 heavy (non-hydrogen) atoms.